The Kier molecular flexibility index (Phi) is 4.77. The summed E-state index contributed by atoms with van der Waals surface area (Å²) in [7, 11) is 0. The summed E-state index contributed by atoms with van der Waals surface area (Å²) in [6.07, 6.45) is 4.68. The predicted octanol–water partition coefficient (Wildman–Crippen LogP) is 1.33. The van der Waals surface area contributed by atoms with E-state index in [4.69, 9.17) is 10.5 Å². The molecule has 0 radical (unpaired) electrons. The standard InChI is InChI=1S/C15H18N4O2S/c16-7-11-1-2-13(21-11)15(20)18-8-14-19-12(9-22-14)10-3-5-17-6-4-10/h3-6,9,11,13H,1-2,7-8,16H2,(H,18,20). The van der Waals surface area contributed by atoms with E-state index in [0.29, 0.717) is 13.1 Å². The molecular weight excluding hydrogens is 300 g/mol. The van der Waals surface area contributed by atoms with Gasteiger partial charge in [0.05, 0.1) is 18.3 Å². The van der Waals surface area contributed by atoms with E-state index in [-0.39, 0.29) is 18.1 Å². The number of carbonyl (C=O) groups is 1. The Balaban J connectivity index is 1.54. The van der Waals surface area contributed by atoms with E-state index in [2.05, 4.69) is 15.3 Å². The topological polar surface area (TPSA) is 90.1 Å². The molecule has 1 saturated heterocycles. The summed E-state index contributed by atoms with van der Waals surface area (Å²) < 4.78 is 5.57. The SMILES string of the molecule is NCC1CCC(C(=O)NCc2nc(-c3ccncc3)cs2)O1. The highest BCUT2D eigenvalue weighted by molar-refractivity contribution is 7.09. The second-order valence-corrected chi connectivity index (χ2v) is 6.08. The molecule has 6 nitrogen and oxygen atoms in total. The summed E-state index contributed by atoms with van der Waals surface area (Å²) in [6, 6.07) is 3.83. The minimum absolute atomic E-state index is 0.00825. The quantitative estimate of drug-likeness (QED) is 0.868. The highest BCUT2D eigenvalue weighted by Crippen LogP contribution is 2.22. The normalized spacial score (nSPS) is 21.0. The Labute approximate surface area is 132 Å². The highest BCUT2D eigenvalue weighted by Gasteiger charge is 2.29. The lowest BCUT2D eigenvalue weighted by molar-refractivity contribution is -0.132. The first kappa shape index (κ1) is 15.1. The largest absolute Gasteiger partial charge is 0.364 e. The fourth-order valence-electron chi connectivity index (χ4n) is 2.40. The zero-order chi connectivity index (χ0) is 15.4. The van der Waals surface area contributed by atoms with Crippen LogP contribution in [0, 0.1) is 0 Å². The maximum Gasteiger partial charge on any atom is 0.249 e. The van der Waals surface area contributed by atoms with E-state index >= 15 is 0 Å². The molecule has 3 heterocycles. The molecule has 2 unspecified atom stereocenters. The Hall–Kier alpha value is -1.83. The van der Waals surface area contributed by atoms with Crippen LogP contribution in [-0.2, 0) is 16.1 Å². The average molecular weight is 318 g/mol. The first-order valence-corrected chi connectivity index (χ1v) is 8.12. The minimum atomic E-state index is -0.381. The second-order valence-electron chi connectivity index (χ2n) is 5.14. The van der Waals surface area contributed by atoms with Gasteiger partial charge in [-0.25, -0.2) is 4.98 Å². The van der Waals surface area contributed by atoms with E-state index < -0.39 is 0 Å². The Bertz CT molecular complexity index is 631. The van der Waals surface area contributed by atoms with Crippen LogP contribution in [0.1, 0.15) is 17.8 Å². The van der Waals surface area contributed by atoms with Crippen molar-refractivity contribution in [3.8, 4) is 11.3 Å². The third-order valence-electron chi connectivity index (χ3n) is 3.60. The maximum atomic E-state index is 12.0. The molecule has 1 fully saturated rings. The number of rotatable bonds is 5. The molecule has 0 saturated carbocycles. The van der Waals surface area contributed by atoms with E-state index in [1.165, 1.54) is 11.3 Å². The van der Waals surface area contributed by atoms with Gasteiger partial charge in [-0.2, -0.15) is 0 Å². The minimum Gasteiger partial charge on any atom is -0.364 e. The van der Waals surface area contributed by atoms with Crippen molar-refractivity contribution in [2.24, 2.45) is 5.73 Å². The molecular formula is C15H18N4O2S. The van der Waals surface area contributed by atoms with Crippen LogP contribution in [0.5, 0.6) is 0 Å². The van der Waals surface area contributed by atoms with Gasteiger partial charge in [-0.3, -0.25) is 9.78 Å². The summed E-state index contributed by atoms with van der Waals surface area (Å²) >= 11 is 1.53. The lowest BCUT2D eigenvalue weighted by Crippen LogP contribution is -2.35. The van der Waals surface area contributed by atoms with Gasteiger partial charge in [0.2, 0.25) is 5.91 Å². The number of hydrogen-bond acceptors (Lipinski definition) is 6. The van der Waals surface area contributed by atoms with E-state index in [1.54, 1.807) is 12.4 Å². The van der Waals surface area contributed by atoms with Gasteiger partial charge in [-0.15, -0.1) is 11.3 Å². The summed E-state index contributed by atoms with van der Waals surface area (Å²) in [6.45, 7) is 0.882. The molecule has 2 aromatic heterocycles. The van der Waals surface area contributed by atoms with Gasteiger partial charge in [0.25, 0.3) is 0 Å². The average Bonchev–Trinajstić information content (AvgIpc) is 3.22. The maximum absolute atomic E-state index is 12.0. The molecule has 3 rings (SSSR count). The highest BCUT2D eigenvalue weighted by atomic mass is 32.1. The molecule has 7 heteroatoms. The van der Waals surface area contributed by atoms with Gasteiger partial charge in [-0.1, -0.05) is 0 Å². The molecule has 3 N–H and O–H groups in total. The van der Waals surface area contributed by atoms with Crippen molar-refractivity contribution in [3.63, 3.8) is 0 Å². The predicted molar refractivity (Wildman–Crippen MR) is 84.1 cm³/mol. The third kappa shape index (κ3) is 3.49. The first-order chi connectivity index (χ1) is 10.8. The molecule has 116 valence electrons. The van der Waals surface area contributed by atoms with E-state index in [0.717, 1.165) is 29.1 Å². The van der Waals surface area contributed by atoms with Crippen LogP contribution in [0.25, 0.3) is 11.3 Å². The molecule has 0 aromatic carbocycles. The van der Waals surface area contributed by atoms with Gasteiger partial charge in [0.15, 0.2) is 0 Å². The van der Waals surface area contributed by atoms with Crippen molar-refractivity contribution < 1.29 is 9.53 Å². The van der Waals surface area contributed by atoms with Crippen molar-refractivity contribution in [1.29, 1.82) is 0 Å². The lowest BCUT2D eigenvalue weighted by Gasteiger charge is -2.11. The number of carbonyl (C=O) groups excluding carboxylic acids is 1. The van der Waals surface area contributed by atoms with Crippen LogP contribution < -0.4 is 11.1 Å². The lowest BCUT2D eigenvalue weighted by atomic mass is 10.2. The van der Waals surface area contributed by atoms with Crippen LogP contribution in [0.2, 0.25) is 0 Å². The number of nitrogens with zero attached hydrogens (tertiary/aromatic N) is 2. The van der Waals surface area contributed by atoms with Gasteiger partial charge in [-0.05, 0) is 25.0 Å². The van der Waals surface area contributed by atoms with Gasteiger partial charge in [0, 0.05) is 29.9 Å². The van der Waals surface area contributed by atoms with Crippen LogP contribution in [0.4, 0.5) is 0 Å². The van der Waals surface area contributed by atoms with E-state index in [1.807, 2.05) is 17.5 Å². The van der Waals surface area contributed by atoms with Crippen LogP contribution >= 0.6 is 11.3 Å². The van der Waals surface area contributed by atoms with Crippen LogP contribution in [-0.4, -0.2) is 34.6 Å². The molecule has 22 heavy (non-hydrogen) atoms. The van der Waals surface area contributed by atoms with Crippen LogP contribution in [0.15, 0.2) is 29.9 Å². The molecule has 1 aliphatic heterocycles. The van der Waals surface area contributed by atoms with Crippen molar-refractivity contribution in [3.05, 3.63) is 34.9 Å². The molecule has 0 bridgehead atoms. The summed E-state index contributed by atoms with van der Waals surface area (Å²) in [5, 5.41) is 5.73. The molecule has 2 atom stereocenters. The van der Waals surface area contributed by atoms with E-state index in [9.17, 15) is 4.79 Å². The number of pyridine rings is 1. The fourth-order valence-corrected chi connectivity index (χ4v) is 3.14. The Morgan fingerprint density at radius 1 is 1.41 bits per heavy atom. The Morgan fingerprint density at radius 3 is 2.95 bits per heavy atom. The second kappa shape index (κ2) is 6.95. The molecule has 0 spiro atoms. The zero-order valence-electron chi connectivity index (χ0n) is 12.1. The zero-order valence-corrected chi connectivity index (χ0v) is 12.9. The number of aromatic nitrogens is 2. The number of nitrogens with two attached hydrogens (primary N) is 1. The monoisotopic (exact) mass is 318 g/mol. The van der Waals surface area contributed by atoms with Gasteiger partial charge < -0.3 is 15.8 Å². The van der Waals surface area contributed by atoms with Crippen LogP contribution in [0.3, 0.4) is 0 Å². The molecule has 1 aliphatic rings. The number of thiazole rings is 1. The summed E-state index contributed by atoms with van der Waals surface area (Å²) in [5.74, 6) is -0.0865. The molecule has 0 aliphatic carbocycles. The number of amides is 1. The Morgan fingerprint density at radius 2 is 2.23 bits per heavy atom. The van der Waals surface area contributed by atoms with Crippen molar-refractivity contribution in [2.75, 3.05) is 6.54 Å². The smallest absolute Gasteiger partial charge is 0.249 e. The number of nitrogens with one attached hydrogen (secondary N) is 1. The number of ether oxygens (including phenoxy) is 1. The number of hydrogen-bond donors (Lipinski definition) is 2. The van der Waals surface area contributed by atoms with Crippen molar-refractivity contribution in [1.82, 2.24) is 15.3 Å². The van der Waals surface area contributed by atoms with Gasteiger partial charge in [0.1, 0.15) is 11.1 Å². The summed E-state index contributed by atoms with van der Waals surface area (Å²) in [4.78, 5) is 20.6. The molecule has 1 amide bonds. The summed E-state index contributed by atoms with van der Waals surface area (Å²) in [5.41, 5.74) is 7.47. The van der Waals surface area contributed by atoms with Crippen molar-refractivity contribution >= 4 is 17.2 Å². The first-order valence-electron chi connectivity index (χ1n) is 7.24. The van der Waals surface area contributed by atoms with Gasteiger partial charge >= 0.3 is 0 Å². The fraction of sp³-hybridized carbons (Fsp3) is 0.400. The third-order valence-corrected chi connectivity index (χ3v) is 4.45. The molecule has 2 aromatic rings. The van der Waals surface area contributed by atoms with Crippen molar-refractivity contribution in [2.45, 2.75) is 31.6 Å².